The van der Waals surface area contributed by atoms with Gasteiger partial charge in [0.1, 0.15) is 0 Å². The highest BCUT2D eigenvalue weighted by Crippen LogP contribution is 1.73. The van der Waals surface area contributed by atoms with Crippen LogP contribution in [-0.2, 0) is 0 Å². The summed E-state index contributed by atoms with van der Waals surface area (Å²) in [5, 5.41) is -0.144. The molecule has 5 heavy (non-hydrogen) atoms. The summed E-state index contributed by atoms with van der Waals surface area (Å²) in [4.78, 5) is 0. The normalized spacial score (nSPS) is 15.0. The standard InChI is InChI=1S/C2H8N2S/c3-1-2(4)5/h2,5H,1,3-4H2. The molecule has 0 fully saturated rings. The molecule has 0 aliphatic rings. The van der Waals surface area contributed by atoms with Crippen LogP contribution in [-0.4, -0.2) is 11.9 Å². The van der Waals surface area contributed by atoms with Crippen molar-refractivity contribution in [3.05, 3.63) is 0 Å². The zero-order valence-electron chi connectivity index (χ0n) is 2.89. The SMILES string of the molecule is NCC(N)S. The first-order valence-corrected chi connectivity index (χ1v) is 1.92. The maximum atomic E-state index is 5.03. The molecule has 0 aromatic heterocycles. The van der Waals surface area contributed by atoms with Gasteiger partial charge in [-0.15, -0.1) is 0 Å². The molecule has 0 saturated carbocycles. The summed E-state index contributed by atoms with van der Waals surface area (Å²) in [5.41, 5.74) is 10.0. The van der Waals surface area contributed by atoms with E-state index in [0.29, 0.717) is 6.54 Å². The number of nitrogens with two attached hydrogens (primary N) is 2. The molecule has 1 unspecified atom stereocenters. The van der Waals surface area contributed by atoms with Crippen molar-refractivity contribution in [2.24, 2.45) is 11.5 Å². The van der Waals surface area contributed by atoms with Gasteiger partial charge < -0.3 is 11.5 Å². The molecule has 0 amide bonds. The van der Waals surface area contributed by atoms with Crippen molar-refractivity contribution in [1.82, 2.24) is 0 Å². The molecule has 0 rings (SSSR count). The van der Waals surface area contributed by atoms with Gasteiger partial charge in [0.25, 0.3) is 0 Å². The van der Waals surface area contributed by atoms with Gasteiger partial charge in [-0.25, -0.2) is 0 Å². The summed E-state index contributed by atoms with van der Waals surface area (Å²) in [6.07, 6.45) is 0. The summed E-state index contributed by atoms with van der Waals surface area (Å²) in [6, 6.07) is 0. The highest BCUT2D eigenvalue weighted by Gasteiger charge is 1.80. The van der Waals surface area contributed by atoms with Gasteiger partial charge in [-0.2, -0.15) is 12.6 Å². The van der Waals surface area contributed by atoms with Crippen LogP contribution < -0.4 is 11.5 Å². The van der Waals surface area contributed by atoms with Gasteiger partial charge in [-0.3, -0.25) is 0 Å². The molecule has 2 nitrogen and oxygen atoms in total. The van der Waals surface area contributed by atoms with E-state index in [2.05, 4.69) is 12.6 Å². The molecule has 0 heterocycles. The maximum Gasteiger partial charge on any atom is 0.0601 e. The van der Waals surface area contributed by atoms with Crippen LogP contribution in [0.25, 0.3) is 0 Å². The quantitative estimate of drug-likeness (QED) is 0.292. The van der Waals surface area contributed by atoms with Crippen LogP contribution >= 0.6 is 12.6 Å². The van der Waals surface area contributed by atoms with Crippen LogP contribution in [0, 0.1) is 0 Å². The van der Waals surface area contributed by atoms with E-state index in [9.17, 15) is 0 Å². The fourth-order valence-electron chi connectivity index (χ4n) is 0. The van der Waals surface area contributed by atoms with Gasteiger partial charge in [-0.1, -0.05) is 0 Å². The van der Waals surface area contributed by atoms with Gasteiger partial charge in [0.15, 0.2) is 0 Å². The van der Waals surface area contributed by atoms with Crippen molar-refractivity contribution in [1.29, 1.82) is 0 Å². The number of hydrogen-bond donors (Lipinski definition) is 3. The van der Waals surface area contributed by atoms with Crippen LogP contribution in [0.1, 0.15) is 0 Å². The van der Waals surface area contributed by atoms with Crippen LogP contribution in [0.3, 0.4) is 0 Å². The summed E-state index contributed by atoms with van der Waals surface area (Å²) in [6.45, 7) is 0.448. The topological polar surface area (TPSA) is 52.0 Å². The predicted octanol–water partition coefficient (Wildman–Crippen LogP) is -0.840. The minimum absolute atomic E-state index is 0.144. The smallest absolute Gasteiger partial charge is 0.0601 e. The molecule has 0 bridgehead atoms. The van der Waals surface area contributed by atoms with Crippen molar-refractivity contribution in [2.75, 3.05) is 6.54 Å². The zero-order valence-corrected chi connectivity index (χ0v) is 3.78. The molecule has 0 saturated heterocycles. The molecule has 0 aliphatic heterocycles. The maximum absolute atomic E-state index is 5.03. The third-order valence-electron chi connectivity index (χ3n) is 0.241. The zero-order chi connectivity index (χ0) is 4.28. The number of hydrogen-bond acceptors (Lipinski definition) is 3. The molecule has 32 valence electrons. The lowest BCUT2D eigenvalue weighted by Crippen LogP contribution is -2.22. The van der Waals surface area contributed by atoms with Crippen molar-refractivity contribution in [3.8, 4) is 0 Å². The van der Waals surface area contributed by atoms with Crippen molar-refractivity contribution in [2.45, 2.75) is 5.37 Å². The first-order chi connectivity index (χ1) is 2.27. The highest BCUT2D eigenvalue weighted by molar-refractivity contribution is 7.80. The predicted molar refractivity (Wildman–Crippen MR) is 26.0 cm³/mol. The molecular formula is C2H8N2S. The van der Waals surface area contributed by atoms with E-state index >= 15 is 0 Å². The van der Waals surface area contributed by atoms with Crippen molar-refractivity contribution in [3.63, 3.8) is 0 Å². The molecule has 1 atom stereocenters. The van der Waals surface area contributed by atoms with E-state index in [0.717, 1.165) is 0 Å². The van der Waals surface area contributed by atoms with Gasteiger partial charge >= 0.3 is 0 Å². The fraction of sp³-hybridized carbons (Fsp3) is 1.00. The third-order valence-corrected chi connectivity index (χ3v) is 0.452. The second-order valence-electron chi connectivity index (χ2n) is 0.803. The van der Waals surface area contributed by atoms with Gasteiger partial charge in [0.05, 0.1) is 5.37 Å². The summed E-state index contributed by atoms with van der Waals surface area (Å²) < 4.78 is 0. The van der Waals surface area contributed by atoms with Crippen LogP contribution in [0.2, 0.25) is 0 Å². The average Bonchev–Trinajstić information content (AvgIpc) is 1.38. The minimum Gasteiger partial charge on any atom is -0.328 e. The second-order valence-corrected chi connectivity index (χ2v) is 1.47. The summed E-state index contributed by atoms with van der Waals surface area (Å²) in [5.74, 6) is 0. The summed E-state index contributed by atoms with van der Waals surface area (Å²) in [7, 11) is 0. The van der Waals surface area contributed by atoms with E-state index in [1.807, 2.05) is 0 Å². The Morgan fingerprint density at radius 2 is 2.00 bits per heavy atom. The molecule has 0 aromatic rings. The molecule has 0 aromatic carbocycles. The number of thiol groups is 1. The molecule has 0 spiro atoms. The molecule has 0 radical (unpaired) electrons. The Morgan fingerprint density at radius 3 is 2.00 bits per heavy atom. The summed E-state index contributed by atoms with van der Waals surface area (Å²) >= 11 is 3.75. The van der Waals surface area contributed by atoms with E-state index in [4.69, 9.17) is 11.5 Å². The van der Waals surface area contributed by atoms with E-state index in [-0.39, 0.29) is 5.37 Å². The van der Waals surface area contributed by atoms with E-state index in [1.54, 1.807) is 0 Å². The average molecular weight is 92.2 g/mol. The van der Waals surface area contributed by atoms with Crippen LogP contribution in [0.4, 0.5) is 0 Å². The molecule has 4 N–H and O–H groups in total. The first kappa shape index (κ1) is 5.27. The highest BCUT2D eigenvalue weighted by atomic mass is 32.1. The molecule has 3 heteroatoms. The minimum atomic E-state index is -0.144. The Morgan fingerprint density at radius 1 is 1.80 bits per heavy atom. The Labute approximate surface area is 36.9 Å². The van der Waals surface area contributed by atoms with Crippen LogP contribution in [0.5, 0.6) is 0 Å². The fourth-order valence-corrected chi connectivity index (χ4v) is 0. The van der Waals surface area contributed by atoms with Crippen molar-refractivity contribution < 1.29 is 0 Å². The first-order valence-electron chi connectivity index (χ1n) is 1.41. The lowest BCUT2D eigenvalue weighted by molar-refractivity contribution is 0.920. The van der Waals surface area contributed by atoms with Gasteiger partial charge in [0.2, 0.25) is 0 Å². The van der Waals surface area contributed by atoms with Gasteiger partial charge in [-0.05, 0) is 0 Å². The van der Waals surface area contributed by atoms with Gasteiger partial charge in [0, 0.05) is 6.54 Å². The molecule has 0 aliphatic carbocycles. The van der Waals surface area contributed by atoms with E-state index in [1.165, 1.54) is 0 Å². The van der Waals surface area contributed by atoms with Crippen molar-refractivity contribution >= 4 is 12.6 Å². The monoisotopic (exact) mass is 92.0 g/mol. The third kappa shape index (κ3) is 4.27. The largest absolute Gasteiger partial charge is 0.328 e. The second kappa shape index (κ2) is 2.50. The number of rotatable bonds is 1. The Kier molecular flexibility index (Phi) is 2.64. The Hall–Kier alpha value is 0.270. The van der Waals surface area contributed by atoms with Crippen LogP contribution in [0.15, 0.2) is 0 Å². The lowest BCUT2D eigenvalue weighted by Gasteiger charge is -1.91. The lowest BCUT2D eigenvalue weighted by atomic mass is 10.7. The van der Waals surface area contributed by atoms with E-state index < -0.39 is 0 Å². The Bertz CT molecular complexity index is 21.6. The molecular weight excluding hydrogens is 84.1 g/mol. The Balaban J connectivity index is 2.54.